The Morgan fingerprint density at radius 2 is 1.70 bits per heavy atom. The summed E-state index contributed by atoms with van der Waals surface area (Å²) < 4.78 is 17.5. The van der Waals surface area contributed by atoms with E-state index in [-0.39, 0.29) is 30.7 Å². The zero-order valence-electron chi connectivity index (χ0n) is 19.2. The summed E-state index contributed by atoms with van der Waals surface area (Å²) in [6.45, 7) is 14.2. The van der Waals surface area contributed by atoms with Crippen LogP contribution in [0.15, 0.2) is 24.5 Å². The largest absolute Gasteiger partial charge is 0.486 e. The average molecular weight is 421 g/mol. The summed E-state index contributed by atoms with van der Waals surface area (Å²) in [5.74, 6) is -0.811. The van der Waals surface area contributed by atoms with Crippen LogP contribution in [0.25, 0.3) is 0 Å². The van der Waals surface area contributed by atoms with Crippen molar-refractivity contribution in [2.24, 2.45) is 16.7 Å². The van der Waals surface area contributed by atoms with Gasteiger partial charge in [0, 0.05) is 18.4 Å². The Kier molecular flexibility index (Phi) is 7.20. The highest BCUT2D eigenvalue weighted by molar-refractivity contribution is 6.00. The molecule has 0 amide bonds. The fourth-order valence-corrected chi connectivity index (χ4v) is 3.77. The van der Waals surface area contributed by atoms with Crippen molar-refractivity contribution < 1.29 is 28.6 Å². The molecular formula is C24H36O6. The van der Waals surface area contributed by atoms with E-state index in [0.29, 0.717) is 5.76 Å². The predicted octanol–water partition coefficient (Wildman–Crippen LogP) is 4.52. The fourth-order valence-electron chi connectivity index (χ4n) is 3.77. The van der Waals surface area contributed by atoms with Crippen LogP contribution in [0.4, 0.5) is 0 Å². The Labute approximate surface area is 180 Å². The molecule has 0 aromatic rings. The van der Waals surface area contributed by atoms with Crippen LogP contribution in [0, 0.1) is 16.7 Å². The Balaban J connectivity index is 2.37. The molecule has 0 saturated heterocycles. The minimum Gasteiger partial charge on any atom is -0.486 e. The first kappa shape index (κ1) is 24.2. The van der Waals surface area contributed by atoms with Gasteiger partial charge in [-0.1, -0.05) is 18.9 Å². The standard InChI is InChI=1S/C24H36O6/c1-8-13-24(30-21(27)23(5,6)7)18(25)14-17(15-28-20(26)22(2,3)4)29-19(24)16-11-9-10-12-16/h8,14,16,19H,1,9-13,15H2,2-7H3/t19-,24-/m0/s1. The maximum Gasteiger partial charge on any atom is 0.312 e. The van der Waals surface area contributed by atoms with Crippen LogP contribution in [0.2, 0.25) is 0 Å². The van der Waals surface area contributed by atoms with Crippen LogP contribution in [0.5, 0.6) is 0 Å². The van der Waals surface area contributed by atoms with Gasteiger partial charge in [0.15, 0.2) is 0 Å². The number of esters is 2. The Morgan fingerprint density at radius 3 is 2.20 bits per heavy atom. The molecule has 1 aliphatic heterocycles. The normalized spacial score (nSPS) is 25.3. The molecule has 2 aliphatic rings. The van der Waals surface area contributed by atoms with Crippen molar-refractivity contribution in [1.29, 1.82) is 0 Å². The van der Waals surface area contributed by atoms with Crippen molar-refractivity contribution in [1.82, 2.24) is 0 Å². The Hall–Kier alpha value is -2.11. The summed E-state index contributed by atoms with van der Waals surface area (Å²) in [6.07, 6.45) is 6.28. The first-order chi connectivity index (χ1) is 13.8. The number of ketones is 1. The molecule has 0 aromatic carbocycles. The summed E-state index contributed by atoms with van der Waals surface area (Å²) in [5, 5.41) is 0. The molecule has 1 aliphatic carbocycles. The number of carbonyl (C=O) groups excluding carboxylic acids is 3. The molecular weight excluding hydrogens is 384 g/mol. The maximum atomic E-state index is 13.4. The molecule has 1 fully saturated rings. The van der Waals surface area contributed by atoms with Crippen molar-refractivity contribution in [3.8, 4) is 0 Å². The van der Waals surface area contributed by atoms with E-state index in [9.17, 15) is 14.4 Å². The van der Waals surface area contributed by atoms with Gasteiger partial charge in [0.25, 0.3) is 0 Å². The summed E-state index contributed by atoms with van der Waals surface area (Å²) in [6, 6.07) is 0. The molecule has 0 radical (unpaired) electrons. The third-order valence-corrected chi connectivity index (χ3v) is 5.57. The van der Waals surface area contributed by atoms with E-state index < -0.39 is 28.5 Å². The van der Waals surface area contributed by atoms with Gasteiger partial charge in [-0.25, -0.2) is 0 Å². The second-order valence-electron chi connectivity index (χ2n) is 10.4. The zero-order chi connectivity index (χ0) is 22.7. The van der Waals surface area contributed by atoms with Crippen LogP contribution >= 0.6 is 0 Å². The highest BCUT2D eigenvalue weighted by Crippen LogP contribution is 2.43. The van der Waals surface area contributed by atoms with E-state index in [0.717, 1.165) is 25.7 Å². The van der Waals surface area contributed by atoms with Gasteiger partial charge in [-0.05, 0) is 54.4 Å². The molecule has 2 rings (SSSR count). The number of rotatable bonds is 6. The maximum absolute atomic E-state index is 13.4. The molecule has 0 spiro atoms. The quantitative estimate of drug-likeness (QED) is 0.464. The van der Waals surface area contributed by atoms with Gasteiger partial charge in [0.1, 0.15) is 18.5 Å². The van der Waals surface area contributed by atoms with Gasteiger partial charge in [-0.15, -0.1) is 6.58 Å². The Bertz CT molecular complexity index is 715. The van der Waals surface area contributed by atoms with Crippen molar-refractivity contribution in [3.63, 3.8) is 0 Å². The third-order valence-electron chi connectivity index (χ3n) is 5.57. The van der Waals surface area contributed by atoms with Gasteiger partial charge < -0.3 is 14.2 Å². The molecule has 2 atom stereocenters. The summed E-state index contributed by atoms with van der Waals surface area (Å²) in [7, 11) is 0. The highest BCUT2D eigenvalue weighted by atomic mass is 16.6. The van der Waals surface area contributed by atoms with Gasteiger partial charge in [-0.2, -0.15) is 0 Å². The van der Waals surface area contributed by atoms with E-state index in [1.807, 2.05) is 0 Å². The molecule has 6 nitrogen and oxygen atoms in total. The van der Waals surface area contributed by atoms with Crippen LogP contribution in [-0.2, 0) is 28.6 Å². The lowest BCUT2D eigenvalue weighted by Crippen LogP contribution is -2.58. The number of carbonyl (C=O) groups is 3. The molecule has 0 unspecified atom stereocenters. The second kappa shape index (κ2) is 8.94. The summed E-state index contributed by atoms with van der Waals surface area (Å²) in [5.41, 5.74) is -2.86. The molecule has 1 saturated carbocycles. The highest BCUT2D eigenvalue weighted by Gasteiger charge is 2.55. The van der Waals surface area contributed by atoms with Crippen molar-refractivity contribution in [2.45, 2.75) is 85.4 Å². The van der Waals surface area contributed by atoms with E-state index in [4.69, 9.17) is 14.2 Å². The first-order valence-corrected chi connectivity index (χ1v) is 10.7. The molecule has 0 bridgehead atoms. The van der Waals surface area contributed by atoms with Crippen molar-refractivity contribution in [2.75, 3.05) is 6.61 Å². The molecule has 6 heteroatoms. The number of hydrogen-bond donors (Lipinski definition) is 0. The summed E-state index contributed by atoms with van der Waals surface area (Å²) in [4.78, 5) is 38.3. The SMILES string of the molecule is C=CC[C@]1(OC(=O)C(C)(C)C)C(=O)C=C(COC(=O)C(C)(C)C)O[C@H]1C1CCCC1. The van der Waals surface area contributed by atoms with E-state index in [1.54, 1.807) is 47.6 Å². The zero-order valence-corrected chi connectivity index (χ0v) is 19.2. The lowest BCUT2D eigenvalue weighted by molar-refractivity contribution is -0.196. The topological polar surface area (TPSA) is 78.9 Å². The van der Waals surface area contributed by atoms with Crippen LogP contribution < -0.4 is 0 Å². The van der Waals surface area contributed by atoms with Crippen molar-refractivity contribution >= 4 is 17.7 Å². The third kappa shape index (κ3) is 5.32. The minimum absolute atomic E-state index is 0.0729. The monoisotopic (exact) mass is 420 g/mol. The van der Waals surface area contributed by atoms with Crippen LogP contribution in [0.3, 0.4) is 0 Å². The van der Waals surface area contributed by atoms with E-state index in [2.05, 4.69) is 6.58 Å². The number of ether oxygens (including phenoxy) is 3. The minimum atomic E-state index is -1.45. The van der Waals surface area contributed by atoms with E-state index in [1.165, 1.54) is 6.08 Å². The van der Waals surface area contributed by atoms with Gasteiger partial charge in [-0.3, -0.25) is 14.4 Å². The second-order valence-corrected chi connectivity index (χ2v) is 10.4. The van der Waals surface area contributed by atoms with Gasteiger partial charge in [0.2, 0.25) is 11.4 Å². The fraction of sp³-hybridized carbons (Fsp3) is 0.708. The smallest absolute Gasteiger partial charge is 0.312 e. The average Bonchev–Trinajstić information content (AvgIpc) is 3.15. The molecule has 0 aromatic heterocycles. The van der Waals surface area contributed by atoms with Crippen LogP contribution in [0.1, 0.15) is 73.6 Å². The lowest BCUT2D eigenvalue weighted by Gasteiger charge is -2.44. The van der Waals surface area contributed by atoms with Crippen LogP contribution in [-0.4, -0.2) is 36.0 Å². The van der Waals surface area contributed by atoms with Crippen molar-refractivity contribution in [3.05, 3.63) is 24.5 Å². The molecule has 30 heavy (non-hydrogen) atoms. The van der Waals surface area contributed by atoms with Gasteiger partial charge in [0.05, 0.1) is 10.8 Å². The molecule has 1 heterocycles. The summed E-state index contributed by atoms with van der Waals surface area (Å²) >= 11 is 0. The lowest BCUT2D eigenvalue weighted by atomic mass is 9.78. The first-order valence-electron chi connectivity index (χ1n) is 10.7. The molecule has 0 N–H and O–H groups in total. The Morgan fingerprint density at radius 1 is 1.13 bits per heavy atom. The van der Waals surface area contributed by atoms with Gasteiger partial charge >= 0.3 is 11.9 Å². The van der Waals surface area contributed by atoms with E-state index >= 15 is 0 Å². The molecule has 168 valence electrons. The number of hydrogen-bond acceptors (Lipinski definition) is 6. The predicted molar refractivity (Wildman–Crippen MR) is 113 cm³/mol.